The summed E-state index contributed by atoms with van der Waals surface area (Å²) in [5.74, 6) is 1.40. The second-order valence-electron chi connectivity index (χ2n) is 5.26. The molecule has 0 saturated heterocycles. The standard InChI is InChI=1S/C16H17ClN4O3/c1-23-14-8-18-9-19-15(14)21-16(22)20-12-3-2-6-24-13-7-10(17)4-5-11(12)13/h4-5,7-9,12H,2-3,6H2,1H3,(H2,18,19,20,21,22). The van der Waals surface area contributed by atoms with Gasteiger partial charge in [-0.3, -0.25) is 5.32 Å². The fourth-order valence-corrected chi connectivity index (χ4v) is 2.72. The van der Waals surface area contributed by atoms with Crippen LogP contribution < -0.4 is 20.1 Å². The molecule has 0 aliphatic carbocycles. The van der Waals surface area contributed by atoms with Crippen molar-refractivity contribution in [2.45, 2.75) is 18.9 Å². The molecular formula is C16H17ClN4O3. The van der Waals surface area contributed by atoms with Crippen LogP contribution in [0, 0.1) is 0 Å². The van der Waals surface area contributed by atoms with Crippen LogP contribution >= 0.6 is 11.6 Å². The number of halogens is 1. The minimum atomic E-state index is -0.375. The lowest BCUT2D eigenvalue weighted by Crippen LogP contribution is -2.32. The molecule has 0 spiro atoms. The lowest BCUT2D eigenvalue weighted by Gasteiger charge is -2.19. The number of hydrogen-bond acceptors (Lipinski definition) is 5. The molecule has 2 N–H and O–H groups in total. The van der Waals surface area contributed by atoms with Crippen LogP contribution in [0.25, 0.3) is 0 Å². The molecule has 0 bridgehead atoms. The molecule has 1 aromatic carbocycles. The molecule has 0 fully saturated rings. The van der Waals surface area contributed by atoms with Crippen LogP contribution in [0.2, 0.25) is 5.02 Å². The monoisotopic (exact) mass is 348 g/mol. The fourth-order valence-electron chi connectivity index (χ4n) is 2.56. The van der Waals surface area contributed by atoms with Gasteiger partial charge in [-0.1, -0.05) is 17.7 Å². The minimum absolute atomic E-state index is 0.174. The summed E-state index contributed by atoms with van der Waals surface area (Å²) in [5.41, 5.74) is 0.904. The number of aromatic nitrogens is 2. The summed E-state index contributed by atoms with van der Waals surface area (Å²) in [6, 6.07) is 4.88. The predicted molar refractivity (Wildman–Crippen MR) is 89.7 cm³/mol. The second-order valence-corrected chi connectivity index (χ2v) is 5.70. The average Bonchev–Trinajstić information content (AvgIpc) is 2.77. The van der Waals surface area contributed by atoms with Crippen molar-refractivity contribution >= 4 is 23.4 Å². The molecule has 24 heavy (non-hydrogen) atoms. The average molecular weight is 349 g/mol. The molecule has 1 atom stereocenters. The third-order valence-electron chi connectivity index (χ3n) is 3.68. The maximum Gasteiger partial charge on any atom is 0.320 e. The van der Waals surface area contributed by atoms with Crippen molar-refractivity contribution in [3.05, 3.63) is 41.3 Å². The zero-order valence-electron chi connectivity index (χ0n) is 13.1. The predicted octanol–water partition coefficient (Wildman–Crippen LogP) is 3.17. The van der Waals surface area contributed by atoms with Crippen molar-refractivity contribution < 1.29 is 14.3 Å². The first-order valence-corrected chi connectivity index (χ1v) is 7.89. The highest BCUT2D eigenvalue weighted by Gasteiger charge is 2.22. The van der Waals surface area contributed by atoms with Gasteiger partial charge in [-0.25, -0.2) is 14.8 Å². The molecule has 1 aliphatic heterocycles. The largest absolute Gasteiger partial charge is 0.493 e. The van der Waals surface area contributed by atoms with Crippen molar-refractivity contribution in [1.29, 1.82) is 0 Å². The van der Waals surface area contributed by atoms with Crippen molar-refractivity contribution in [2.75, 3.05) is 19.0 Å². The van der Waals surface area contributed by atoms with E-state index in [9.17, 15) is 4.79 Å². The van der Waals surface area contributed by atoms with Crippen molar-refractivity contribution in [3.63, 3.8) is 0 Å². The van der Waals surface area contributed by atoms with Gasteiger partial charge in [0.05, 0.1) is 26.0 Å². The van der Waals surface area contributed by atoms with Gasteiger partial charge in [0, 0.05) is 10.6 Å². The van der Waals surface area contributed by atoms with E-state index in [1.54, 1.807) is 12.1 Å². The molecule has 1 unspecified atom stereocenters. The number of rotatable bonds is 3. The summed E-state index contributed by atoms with van der Waals surface area (Å²) in [5, 5.41) is 6.22. The van der Waals surface area contributed by atoms with Gasteiger partial charge in [-0.2, -0.15) is 0 Å². The highest BCUT2D eigenvalue weighted by Crippen LogP contribution is 2.33. The smallest absolute Gasteiger partial charge is 0.320 e. The molecule has 2 amide bonds. The number of nitrogens with zero attached hydrogens (tertiary/aromatic N) is 2. The van der Waals surface area contributed by atoms with Crippen molar-refractivity contribution in [2.24, 2.45) is 0 Å². The van der Waals surface area contributed by atoms with Crippen LogP contribution in [0.4, 0.5) is 10.6 Å². The van der Waals surface area contributed by atoms with Gasteiger partial charge in [0.1, 0.15) is 12.1 Å². The number of benzene rings is 1. The molecule has 0 saturated carbocycles. The number of ether oxygens (including phenoxy) is 2. The van der Waals surface area contributed by atoms with E-state index in [0.29, 0.717) is 28.9 Å². The Labute approximate surface area is 144 Å². The number of fused-ring (bicyclic) bond motifs is 1. The zero-order valence-corrected chi connectivity index (χ0v) is 13.8. The Bertz CT molecular complexity index is 741. The molecule has 0 radical (unpaired) electrons. The quantitative estimate of drug-likeness (QED) is 0.889. The molecule has 1 aliphatic rings. The number of carbonyl (C=O) groups is 1. The zero-order chi connectivity index (χ0) is 16.9. The Balaban J connectivity index is 1.75. The number of amides is 2. The van der Waals surface area contributed by atoms with Gasteiger partial charge in [-0.15, -0.1) is 0 Å². The molecule has 1 aromatic heterocycles. The van der Waals surface area contributed by atoms with E-state index in [-0.39, 0.29) is 12.1 Å². The van der Waals surface area contributed by atoms with E-state index < -0.39 is 0 Å². The van der Waals surface area contributed by atoms with Gasteiger partial charge in [0.15, 0.2) is 11.6 Å². The van der Waals surface area contributed by atoms with Gasteiger partial charge in [0.25, 0.3) is 0 Å². The molecule has 7 nitrogen and oxygen atoms in total. The van der Waals surface area contributed by atoms with Gasteiger partial charge in [0.2, 0.25) is 0 Å². The molecule has 8 heteroatoms. The maximum atomic E-state index is 12.3. The van der Waals surface area contributed by atoms with Gasteiger partial charge in [-0.05, 0) is 25.0 Å². The first-order valence-electron chi connectivity index (χ1n) is 7.51. The summed E-state index contributed by atoms with van der Waals surface area (Å²) < 4.78 is 10.8. The van der Waals surface area contributed by atoms with Gasteiger partial charge < -0.3 is 14.8 Å². The Hall–Kier alpha value is -2.54. The molecule has 126 valence electrons. The number of urea groups is 1. The number of hydrogen-bond donors (Lipinski definition) is 2. The molecule has 3 rings (SSSR count). The number of nitrogens with one attached hydrogen (secondary N) is 2. The molecular weight excluding hydrogens is 332 g/mol. The van der Waals surface area contributed by atoms with Crippen LogP contribution in [0.15, 0.2) is 30.7 Å². The van der Waals surface area contributed by atoms with Crippen molar-refractivity contribution in [3.8, 4) is 11.5 Å². The van der Waals surface area contributed by atoms with Gasteiger partial charge >= 0.3 is 6.03 Å². The Morgan fingerprint density at radius 3 is 3.17 bits per heavy atom. The normalized spacial score (nSPS) is 16.3. The minimum Gasteiger partial charge on any atom is -0.493 e. The lowest BCUT2D eigenvalue weighted by molar-refractivity contribution is 0.247. The topological polar surface area (TPSA) is 85.4 Å². The summed E-state index contributed by atoms with van der Waals surface area (Å²) >= 11 is 6.02. The van der Waals surface area contributed by atoms with Crippen LogP contribution in [0.1, 0.15) is 24.4 Å². The molecule has 2 heterocycles. The van der Waals surface area contributed by atoms with Crippen molar-refractivity contribution in [1.82, 2.24) is 15.3 Å². The molecule has 2 aromatic rings. The van der Waals surface area contributed by atoms with E-state index >= 15 is 0 Å². The Morgan fingerprint density at radius 2 is 2.33 bits per heavy atom. The third-order valence-corrected chi connectivity index (χ3v) is 3.92. The second kappa shape index (κ2) is 7.35. The highest BCUT2D eigenvalue weighted by atomic mass is 35.5. The first kappa shape index (κ1) is 16.3. The Kier molecular flexibility index (Phi) is 5.00. The first-order chi connectivity index (χ1) is 11.7. The van der Waals surface area contributed by atoms with Crippen LogP contribution in [0.3, 0.4) is 0 Å². The summed E-state index contributed by atoms with van der Waals surface area (Å²) in [7, 11) is 1.49. The van der Waals surface area contributed by atoms with E-state index in [4.69, 9.17) is 21.1 Å². The number of methoxy groups -OCH3 is 1. The number of carbonyl (C=O) groups excluding carboxylic acids is 1. The van der Waals surface area contributed by atoms with E-state index in [2.05, 4.69) is 20.6 Å². The van der Waals surface area contributed by atoms with Crippen LogP contribution in [-0.2, 0) is 0 Å². The van der Waals surface area contributed by atoms with E-state index in [0.717, 1.165) is 18.4 Å². The summed E-state index contributed by atoms with van der Waals surface area (Å²) in [4.78, 5) is 20.2. The summed E-state index contributed by atoms with van der Waals surface area (Å²) in [6.45, 7) is 0.590. The lowest BCUT2D eigenvalue weighted by atomic mass is 10.0. The highest BCUT2D eigenvalue weighted by molar-refractivity contribution is 6.30. The fraction of sp³-hybridized carbons (Fsp3) is 0.312. The Morgan fingerprint density at radius 1 is 1.46 bits per heavy atom. The van der Waals surface area contributed by atoms with Crippen LogP contribution in [-0.4, -0.2) is 29.7 Å². The SMILES string of the molecule is COc1cncnc1NC(=O)NC1CCCOc2cc(Cl)ccc21. The summed E-state index contributed by atoms with van der Waals surface area (Å²) in [6.07, 6.45) is 4.42. The van der Waals surface area contributed by atoms with E-state index in [1.165, 1.54) is 19.6 Å². The van der Waals surface area contributed by atoms with E-state index in [1.807, 2.05) is 6.07 Å². The third kappa shape index (κ3) is 3.68. The van der Waals surface area contributed by atoms with Crippen LogP contribution in [0.5, 0.6) is 11.5 Å². The number of anilines is 1. The maximum absolute atomic E-state index is 12.3.